The van der Waals surface area contributed by atoms with Crippen LogP contribution in [0.15, 0.2) is 0 Å². The monoisotopic (exact) mass is 226 g/mol. The first kappa shape index (κ1) is 11.4. The van der Waals surface area contributed by atoms with Crippen molar-refractivity contribution in [3.63, 3.8) is 0 Å². The van der Waals surface area contributed by atoms with E-state index in [1.54, 1.807) is 0 Å². The van der Waals surface area contributed by atoms with E-state index in [0.717, 1.165) is 19.0 Å². The number of carbonyl (C=O) groups excluding carboxylic acids is 2. The van der Waals surface area contributed by atoms with Crippen molar-refractivity contribution in [3.8, 4) is 0 Å². The van der Waals surface area contributed by atoms with Crippen LogP contribution >= 0.6 is 0 Å². The summed E-state index contributed by atoms with van der Waals surface area (Å²) in [6, 6.07) is -0.332. The average molecular weight is 226 g/mol. The van der Waals surface area contributed by atoms with Crippen molar-refractivity contribution in [2.24, 2.45) is 5.92 Å². The van der Waals surface area contributed by atoms with Crippen molar-refractivity contribution in [1.82, 2.24) is 10.2 Å². The van der Waals surface area contributed by atoms with E-state index in [1.807, 2.05) is 0 Å². The number of hydrogen-bond donors (Lipinski definition) is 1. The quantitative estimate of drug-likeness (QED) is 0.672. The Kier molecular flexibility index (Phi) is 3.43. The Hall–Kier alpha value is -1.10. The van der Waals surface area contributed by atoms with E-state index in [0.29, 0.717) is 6.54 Å². The number of rotatable bonds is 4. The van der Waals surface area contributed by atoms with Gasteiger partial charge in [0, 0.05) is 19.6 Å². The molecule has 2 aliphatic rings. The molecule has 1 amide bonds. The van der Waals surface area contributed by atoms with Gasteiger partial charge in [0.05, 0.1) is 19.6 Å². The number of ether oxygens (including phenoxy) is 1. The highest BCUT2D eigenvalue weighted by atomic mass is 16.5. The van der Waals surface area contributed by atoms with Crippen molar-refractivity contribution < 1.29 is 14.3 Å². The molecule has 1 saturated heterocycles. The molecule has 0 bridgehead atoms. The molecule has 0 aromatic rings. The number of amides is 1. The Morgan fingerprint density at radius 3 is 2.94 bits per heavy atom. The minimum absolute atomic E-state index is 0.0442. The molecule has 1 N–H and O–H groups in total. The Morgan fingerprint density at radius 1 is 1.56 bits per heavy atom. The van der Waals surface area contributed by atoms with E-state index < -0.39 is 0 Å². The highest BCUT2D eigenvalue weighted by Gasteiger charge is 2.35. The van der Waals surface area contributed by atoms with Crippen molar-refractivity contribution in [2.45, 2.75) is 25.3 Å². The van der Waals surface area contributed by atoms with Crippen molar-refractivity contribution in [2.75, 3.05) is 26.7 Å². The maximum atomic E-state index is 11.7. The summed E-state index contributed by atoms with van der Waals surface area (Å²) < 4.78 is 4.62. The number of nitrogens with zero attached hydrogens (tertiary/aromatic N) is 1. The summed E-state index contributed by atoms with van der Waals surface area (Å²) in [5.74, 6) is 0.367. The van der Waals surface area contributed by atoms with Gasteiger partial charge in [-0.1, -0.05) is 0 Å². The summed E-state index contributed by atoms with van der Waals surface area (Å²) in [4.78, 5) is 25.1. The molecule has 1 aliphatic heterocycles. The third-order valence-corrected chi connectivity index (χ3v) is 3.22. The average Bonchev–Trinajstić information content (AvgIpc) is 3.07. The molecule has 1 aliphatic carbocycles. The molecule has 16 heavy (non-hydrogen) atoms. The van der Waals surface area contributed by atoms with Gasteiger partial charge in [-0.3, -0.25) is 14.5 Å². The van der Waals surface area contributed by atoms with E-state index in [9.17, 15) is 9.59 Å². The first-order chi connectivity index (χ1) is 7.70. The largest absolute Gasteiger partial charge is 0.469 e. The lowest BCUT2D eigenvalue weighted by molar-refractivity contribution is -0.146. The van der Waals surface area contributed by atoms with Gasteiger partial charge in [0.1, 0.15) is 0 Å². The van der Waals surface area contributed by atoms with Crippen LogP contribution in [0.2, 0.25) is 0 Å². The molecule has 1 heterocycles. The molecule has 1 saturated carbocycles. The normalized spacial score (nSPS) is 26.3. The molecule has 2 rings (SSSR count). The number of nitrogens with one attached hydrogen (secondary N) is 1. The van der Waals surface area contributed by atoms with Gasteiger partial charge in [0.25, 0.3) is 0 Å². The minimum atomic E-state index is -0.332. The number of esters is 1. The van der Waals surface area contributed by atoms with Gasteiger partial charge in [-0.15, -0.1) is 0 Å². The number of carbonyl (C=O) groups is 2. The zero-order chi connectivity index (χ0) is 11.5. The fraction of sp³-hybridized carbons (Fsp3) is 0.818. The zero-order valence-electron chi connectivity index (χ0n) is 9.57. The lowest BCUT2D eigenvalue weighted by atomic mass is 10.1. The van der Waals surface area contributed by atoms with Crippen LogP contribution < -0.4 is 5.32 Å². The Bertz CT molecular complexity index is 289. The molecular weight excluding hydrogens is 208 g/mol. The molecule has 0 aromatic carbocycles. The Morgan fingerprint density at radius 2 is 2.31 bits per heavy atom. The second-order valence-corrected chi connectivity index (χ2v) is 4.53. The fourth-order valence-corrected chi connectivity index (χ4v) is 2.08. The van der Waals surface area contributed by atoms with Crippen LogP contribution in [0, 0.1) is 5.92 Å². The van der Waals surface area contributed by atoms with Gasteiger partial charge in [-0.25, -0.2) is 0 Å². The number of piperazine rings is 1. The third-order valence-electron chi connectivity index (χ3n) is 3.22. The highest BCUT2D eigenvalue weighted by Crippen LogP contribution is 2.30. The molecule has 0 aromatic heterocycles. The summed E-state index contributed by atoms with van der Waals surface area (Å²) >= 11 is 0. The van der Waals surface area contributed by atoms with Crippen LogP contribution in [0.3, 0.4) is 0 Å². The first-order valence-corrected chi connectivity index (χ1v) is 5.79. The molecular formula is C11H18N2O3. The predicted molar refractivity (Wildman–Crippen MR) is 57.7 cm³/mol. The maximum Gasteiger partial charge on any atom is 0.307 e. The lowest BCUT2D eigenvalue weighted by Crippen LogP contribution is -2.56. The zero-order valence-corrected chi connectivity index (χ0v) is 9.57. The first-order valence-electron chi connectivity index (χ1n) is 5.79. The van der Waals surface area contributed by atoms with Crippen molar-refractivity contribution >= 4 is 11.9 Å². The van der Waals surface area contributed by atoms with Crippen molar-refractivity contribution in [1.29, 1.82) is 0 Å². The Labute approximate surface area is 95.1 Å². The van der Waals surface area contributed by atoms with Crippen LogP contribution in [0.4, 0.5) is 0 Å². The smallest absolute Gasteiger partial charge is 0.307 e. The highest BCUT2D eigenvalue weighted by molar-refractivity contribution is 5.87. The molecule has 90 valence electrons. The van der Waals surface area contributed by atoms with Crippen LogP contribution in [-0.2, 0) is 14.3 Å². The van der Waals surface area contributed by atoms with Crippen LogP contribution in [0.5, 0.6) is 0 Å². The minimum Gasteiger partial charge on any atom is -0.469 e. The second kappa shape index (κ2) is 4.82. The molecule has 1 atom stereocenters. The SMILES string of the molecule is COC(=O)C[C@H]1C(=O)NCCN1CC1CC1. The molecule has 0 unspecified atom stereocenters. The fourth-order valence-electron chi connectivity index (χ4n) is 2.08. The predicted octanol–water partition coefficient (Wildman–Crippen LogP) is -0.240. The van der Waals surface area contributed by atoms with Crippen LogP contribution in [0.1, 0.15) is 19.3 Å². The lowest BCUT2D eigenvalue weighted by Gasteiger charge is -2.34. The van der Waals surface area contributed by atoms with Gasteiger partial charge in [0.2, 0.25) is 5.91 Å². The number of methoxy groups -OCH3 is 1. The van der Waals surface area contributed by atoms with E-state index in [1.165, 1.54) is 20.0 Å². The van der Waals surface area contributed by atoms with Crippen LogP contribution in [0.25, 0.3) is 0 Å². The van der Waals surface area contributed by atoms with E-state index >= 15 is 0 Å². The van der Waals surface area contributed by atoms with E-state index in [4.69, 9.17) is 0 Å². The van der Waals surface area contributed by atoms with Gasteiger partial charge >= 0.3 is 5.97 Å². The van der Waals surface area contributed by atoms with E-state index in [-0.39, 0.29) is 24.3 Å². The molecule has 2 fully saturated rings. The molecule has 0 radical (unpaired) electrons. The summed E-state index contributed by atoms with van der Waals surface area (Å²) in [7, 11) is 1.36. The van der Waals surface area contributed by atoms with Gasteiger partial charge < -0.3 is 10.1 Å². The van der Waals surface area contributed by atoms with Gasteiger partial charge in [-0.05, 0) is 18.8 Å². The van der Waals surface area contributed by atoms with Gasteiger partial charge in [-0.2, -0.15) is 0 Å². The summed E-state index contributed by atoms with van der Waals surface area (Å²) in [6.45, 7) is 2.46. The summed E-state index contributed by atoms with van der Waals surface area (Å²) in [6.07, 6.45) is 2.67. The number of hydrogen-bond acceptors (Lipinski definition) is 4. The standard InChI is InChI=1S/C11H18N2O3/c1-16-10(14)6-9-11(15)12-4-5-13(9)7-8-2-3-8/h8-9H,2-7H2,1H3,(H,12,15)/t9-/m0/s1. The Balaban J connectivity index is 1.95. The molecule has 5 nitrogen and oxygen atoms in total. The maximum absolute atomic E-state index is 11.7. The summed E-state index contributed by atoms with van der Waals surface area (Å²) in [5, 5.41) is 2.80. The molecule has 5 heteroatoms. The topological polar surface area (TPSA) is 58.6 Å². The van der Waals surface area contributed by atoms with Crippen molar-refractivity contribution in [3.05, 3.63) is 0 Å². The summed E-state index contributed by atoms with van der Waals surface area (Å²) in [5.41, 5.74) is 0. The second-order valence-electron chi connectivity index (χ2n) is 4.53. The van der Waals surface area contributed by atoms with Crippen LogP contribution in [-0.4, -0.2) is 49.6 Å². The molecule has 0 spiro atoms. The van der Waals surface area contributed by atoms with E-state index in [2.05, 4.69) is 15.0 Å². The van der Waals surface area contributed by atoms with Gasteiger partial charge in [0.15, 0.2) is 0 Å². The third kappa shape index (κ3) is 2.72.